The summed E-state index contributed by atoms with van der Waals surface area (Å²) in [5.74, 6) is 1.03. The second-order valence-electron chi connectivity index (χ2n) is 6.66. The number of hydrogen-bond acceptors (Lipinski definition) is 6. The highest BCUT2D eigenvalue weighted by atomic mass is 32.1. The molecule has 0 fully saturated rings. The molecule has 2 aromatic carbocycles. The van der Waals surface area contributed by atoms with Gasteiger partial charge in [-0.1, -0.05) is 23.5 Å². The summed E-state index contributed by atoms with van der Waals surface area (Å²) >= 11 is 1.41. The van der Waals surface area contributed by atoms with Gasteiger partial charge in [-0.05, 0) is 49.2 Å². The van der Waals surface area contributed by atoms with Gasteiger partial charge >= 0.3 is 0 Å². The van der Waals surface area contributed by atoms with Gasteiger partial charge in [-0.2, -0.15) is 0 Å². The molecule has 0 saturated heterocycles. The molecule has 0 aliphatic rings. The lowest BCUT2D eigenvalue weighted by Gasteiger charge is -2.09. The summed E-state index contributed by atoms with van der Waals surface area (Å²) in [6.07, 6.45) is 1.92. The smallest absolute Gasteiger partial charge is 0.231 e. The first-order valence-electron chi connectivity index (χ1n) is 9.25. The minimum Gasteiger partial charge on any atom is -0.493 e. The molecule has 148 valence electrons. The maximum atomic E-state index is 12.5. The molecule has 1 amide bonds. The van der Waals surface area contributed by atoms with Crippen molar-refractivity contribution in [3.63, 3.8) is 0 Å². The summed E-state index contributed by atoms with van der Waals surface area (Å²) in [5, 5.41) is 3.33. The molecule has 0 aliphatic heterocycles. The number of nitrogens with two attached hydrogens (primary N) is 1. The number of nitrogen functional groups attached to an aromatic ring is 1. The van der Waals surface area contributed by atoms with Crippen LogP contribution in [0, 0.1) is 6.92 Å². The van der Waals surface area contributed by atoms with Crippen LogP contribution in [0.25, 0.3) is 21.5 Å². The maximum Gasteiger partial charge on any atom is 0.231 e. The number of ether oxygens (including phenoxy) is 1. The molecule has 0 saturated carbocycles. The number of fused-ring (bicyclic) bond motifs is 1. The summed E-state index contributed by atoms with van der Waals surface area (Å²) in [4.78, 5) is 24.1. The van der Waals surface area contributed by atoms with Gasteiger partial charge in [0.1, 0.15) is 5.75 Å². The monoisotopic (exact) mass is 407 g/mol. The number of carbonyl (C=O) groups excluding carboxylic acids is 1. The van der Waals surface area contributed by atoms with Gasteiger partial charge in [0.15, 0.2) is 5.13 Å². The molecule has 4 aromatic rings. The predicted molar refractivity (Wildman–Crippen MR) is 116 cm³/mol. The van der Waals surface area contributed by atoms with Crippen LogP contribution in [0.4, 0.5) is 11.1 Å². The molecule has 0 spiro atoms. The fourth-order valence-electron chi connectivity index (χ4n) is 3.11. The van der Waals surface area contributed by atoms with Gasteiger partial charge in [0.05, 0.1) is 35.1 Å². The van der Waals surface area contributed by atoms with Crippen LogP contribution in [0.3, 0.4) is 0 Å². The van der Waals surface area contributed by atoms with Crippen LogP contribution >= 0.6 is 11.3 Å². The first kappa shape index (κ1) is 18.9. The molecule has 29 heavy (non-hydrogen) atoms. The van der Waals surface area contributed by atoms with Gasteiger partial charge in [-0.15, -0.1) is 0 Å². The molecular formula is C21H21N5O2S. The van der Waals surface area contributed by atoms with Crippen LogP contribution in [0.5, 0.6) is 5.75 Å². The van der Waals surface area contributed by atoms with Crippen molar-refractivity contribution in [3.8, 4) is 17.0 Å². The van der Waals surface area contributed by atoms with E-state index in [2.05, 4.69) is 20.3 Å². The lowest BCUT2D eigenvalue weighted by atomic mass is 10.1. The zero-order chi connectivity index (χ0) is 20.4. The van der Waals surface area contributed by atoms with Crippen LogP contribution in [0.15, 0.2) is 42.6 Å². The molecule has 4 rings (SSSR count). The molecule has 8 heteroatoms. The molecule has 2 heterocycles. The number of thiazole rings is 1. The third-order valence-electron chi connectivity index (χ3n) is 4.39. The minimum atomic E-state index is -0.156. The van der Waals surface area contributed by atoms with Crippen molar-refractivity contribution in [2.75, 3.05) is 17.7 Å². The minimum absolute atomic E-state index is 0.156. The summed E-state index contributed by atoms with van der Waals surface area (Å²) < 4.78 is 6.70. The Morgan fingerprint density at radius 2 is 2.14 bits per heavy atom. The number of aromatic amines is 1. The average Bonchev–Trinajstić information content (AvgIpc) is 3.27. The van der Waals surface area contributed by atoms with E-state index in [-0.39, 0.29) is 12.3 Å². The van der Waals surface area contributed by atoms with Crippen LogP contribution in [0.2, 0.25) is 0 Å². The number of hydrogen-bond donors (Lipinski definition) is 3. The second-order valence-corrected chi connectivity index (χ2v) is 7.72. The van der Waals surface area contributed by atoms with Gasteiger partial charge < -0.3 is 15.5 Å². The third-order valence-corrected chi connectivity index (χ3v) is 5.24. The molecule has 2 aromatic heterocycles. The molecular weight excluding hydrogens is 386 g/mol. The Balaban J connectivity index is 1.47. The number of aromatic nitrogens is 3. The Morgan fingerprint density at radius 1 is 1.28 bits per heavy atom. The predicted octanol–water partition coefficient (Wildman–Crippen LogP) is 4.16. The Kier molecular flexibility index (Phi) is 5.18. The van der Waals surface area contributed by atoms with Crippen LogP contribution in [-0.4, -0.2) is 27.5 Å². The first-order chi connectivity index (χ1) is 14.0. The van der Waals surface area contributed by atoms with Crippen molar-refractivity contribution < 1.29 is 9.53 Å². The highest BCUT2D eigenvalue weighted by Gasteiger charge is 2.12. The van der Waals surface area contributed by atoms with Gasteiger partial charge in [0.2, 0.25) is 11.9 Å². The number of amides is 1. The van der Waals surface area contributed by atoms with Gasteiger partial charge in [-0.3, -0.25) is 10.1 Å². The largest absolute Gasteiger partial charge is 0.493 e. The summed E-state index contributed by atoms with van der Waals surface area (Å²) in [5.41, 5.74) is 10.3. The molecule has 0 bridgehead atoms. The molecule has 4 N–H and O–H groups in total. The quantitative estimate of drug-likeness (QED) is 0.445. The van der Waals surface area contributed by atoms with E-state index in [1.165, 1.54) is 11.3 Å². The fourth-order valence-corrected chi connectivity index (χ4v) is 3.90. The third kappa shape index (κ3) is 4.22. The van der Waals surface area contributed by atoms with E-state index >= 15 is 0 Å². The zero-order valence-corrected chi connectivity index (χ0v) is 17.0. The molecule has 0 aliphatic carbocycles. The van der Waals surface area contributed by atoms with Crippen LogP contribution < -0.4 is 15.8 Å². The fraction of sp³-hybridized carbons (Fsp3) is 0.190. The number of nitrogens with zero attached hydrogens (tertiary/aromatic N) is 2. The summed E-state index contributed by atoms with van der Waals surface area (Å²) in [6, 6.07) is 11.7. The maximum absolute atomic E-state index is 12.5. The highest BCUT2D eigenvalue weighted by Crippen LogP contribution is 2.30. The molecule has 0 radical (unpaired) electrons. The number of benzene rings is 2. The topological polar surface area (TPSA) is 106 Å². The van der Waals surface area contributed by atoms with Crippen molar-refractivity contribution in [1.82, 2.24) is 15.0 Å². The van der Waals surface area contributed by atoms with Gasteiger partial charge in [0.25, 0.3) is 0 Å². The first-order valence-corrected chi connectivity index (χ1v) is 10.1. The number of carbonyl (C=O) groups is 1. The Morgan fingerprint density at radius 3 is 2.97 bits per heavy atom. The number of anilines is 2. The van der Waals surface area contributed by atoms with E-state index in [1.54, 1.807) is 6.20 Å². The molecule has 0 unspecified atom stereocenters. The Labute approximate surface area is 172 Å². The van der Waals surface area contributed by atoms with E-state index in [4.69, 9.17) is 10.5 Å². The number of rotatable bonds is 6. The van der Waals surface area contributed by atoms with E-state index in [9.17, 15) is 4.79 Å². The molecule has 7 nitrogen and oxygen atoms in total. The zero-order valence-electron chi connectivity index (χ0n) is 16.2. The summed E-state index contributed by atoms with van der Waals surface area (Å²) in [6.45, 7) is 4.54. The number of imidazole rings is 1. The Hall–Kier alpha value is -3.39. The molecule has 0 atom stereocenters. The average molecular weight is 407 g/mol. The standard InChI is InChI=1S/C21H21N5O2S/c1-3-28-17-8-12(2)4-6-14(17)16-11-23-21(25-16)26-19(27)10-13-5-7-15-18(9-13)29-20(22)24-15/h4-9,11H,3,10H2,1-2H3,(H2,22,24)(H2,23,25,26,27). The summed E-state index contributed by atoms with van der Waals surface area (Å²) in [7, 11) is 0. The lowest BCUT2D eigenvalue weighted by Crippen LogP contribution is -2.15. The van der Waals surface area contributed by atoms with Crippen molar-refractivity contribution in [2.24, 2.45) is 0 Å². The van der Waals surface area contributed by atoms with Gasteiger partial charge in [0, 0.05) is 5.56 Å². The Bertz CT molecular complexity index is 1180. The van der Waals surface area contributed by atoms with E-state index in [1.807, 2.05) is 50.2 Å². The number of nitrogens with one attached hydrogen (secondary N) is 2. The van der Waals surface area contributed by atoms with Crippen molar-refractivity contribution in [3.05, 3.63) is 53.7 Å². The van der Waals surface area contributed by atoms with E-state index in [0.717, 1.165) is 38.4 Å². The second kappa shape index (κ2) is 7.92. The lowest BCUT2D eigenvalue weighted by molar-refractivity contribution is -0.115. The van der Waals surface area contributed by atoms with Crippen molar-refractivity contribution in [2.45, 2.75) is 20.3 Å². The normalized spacial score (nSPS) is 11.0. The number of H-pyrrole nitrogens is 1. The van der Waals surface area contributed by atoms with E-state index in [0.29, 0.717) is 17.7 Å². The van der Waals surface area contributed by atoms with Crippen molar-refractivity contribution in [1.29, 1.82) is 0 Å². The number of aryl methyl sites for hydroxylation is 1. The van der Waals surface area contributed by atoms with Crippen molar-refractivity contribution >= 4 is 38.5 Å². The highest BCUT2D eigenvalue weighted by molar-refractivity contribution is 7.22. The SMILES string of the molecule is CCOc1cc(C)ccc1-c1cnc(NC(=O)Cc2ccc3nc(N)sc3c2)[nH]1. The van der Waals surface area contributed by atoms with Gasteiger partial charge in [-0.25, -0.2) is 9.97 Å². The van der Waals surface area contributed by atoms with Crippen LogP contribution in [-0.2, 0) is 11.2 Å². The van der Waals surface area contributed by atoms with E-state index < -0.39 is 0 Å². The van der Waals surface area contributed by atoms with Crippen LogP contribution in [0.1, 0.15) is 18.1 Å².